The summed E-state index contributed by atoms with van der Waals surface area (Å²) in [5.74, 6) is -1.02. The zero-order chi connectivity index (χ0) is 10.1. The van der Waals surface area contributed by atoms with Crippen molar-refractivity contribution in [2.75, 3.05) is 5.73 Å². The summed E-state index contributed by atoms with van der Waals surface area (Å²) in [5, 5.41) is 10.4. The first-order valence-electron chi connectivity index (χ1n) is 4.05. The van der Waals surface area contributed by atoms with Crippen LogP contribution >= 0.6 is 0 Å². The van der Waals surface area contributed by atoms with Gasteiger partial charge in [-0.1, -0.05) is 6.07 Å². The van der Waals surface area contributed by atoms with E-state index in [0.717, 1.165) is 5.39 Å². The van der Waals surface area contributed by atoms with Crippen LogP contribution in [0.15, 0.2) is 30.6 Å². The summed E-state index contributed by atoms with van der Waals surface area (Å²) < 4.78 is 0. The molecular formula is C10H8N2O2. The van der Waals surface area contributed by atoms with Crippen LogP contribution in [0.5, 0.6) is 0 Å². The number of pyridine rings is 1. The molecule has 70 valence electrons. The predicted octanol–water partition coefficient (Wildman–Crippen LogP) is 1.52. The highest BCUT2D eigenvalue weighted by Gasteiger charge is 2.09. The molecule has 0 radical (unpaired) electrons. The fraction of sp³-hybridized carbons (Fsp3) is 0. The van der Waals surface area contributed by atoms with Crippen molar-refractivity contribution in [2.24, 2.45) is 0 Å². The van der Waals surface area contributed by atoms with Gasteiger partial charge < -0.3 is 10.8 Å². The van der Waals surface area contributed by atoms with E-state index in [-0.39, 0.29) is 11.3 Å². The molecule has 0 amide bonds. The van der Waals surface area contributed by atoms with Crippen molar-refractivity contribution in [1.82, 2.24) is 4.98 Å². The third-order valence-corrected chi connectivity index (χ3v) is 2.10. The van der Waals surface area contributed by atoms with Crippen LogP contribution < -0.4 is 5.73 Å². The van der Waals surface area contributed by atoms with E-state index in [0.29, 0.717) is 5.39 Å². The monoisotopic (exact) mass is 188 g/mol. The molecule has 3 N–H and O–H groups in total. The molecule has 2 rings (SSSR count). The number of fused-ring (bicyclic) bond motifs is 1. The lowest BCUT2D eigenvalue weighted by atomic mass is 10.1. The number of aromatic carboxylic acids is 1. The number of nitrogens with two attached hydrogens (primary N) is 1. The highest BCUT2D eigenvalue weighted by Crippen LogP contribution is 2.23. The molecule has 4 nitrogen and oxygen atoms in total. The van der Waals surface area contributed by atoms with Crippen LogP contribution in [0.1, 0.15) is 10.4 Å². The second-order valence-electron chi connectivity index (χ2n) is 2.93. The lowest BCUT2D eigenvalue weighted by Gasteiger charge is -2.04. The Morgan fingerprint density at radius 1 is 1.36 bits per heavy atom. The maximum Gasteiger partial charge on any atom is 0.337 e. The Morgan fingerprint density at radius 3 is 2.86 bits per heavy atom. The summed E-state index contributed by atoms with van der Waals surface area (Å²) in [4.78, 5) is 14.7. The van der Waals surface area contributed by atoms with Crippen molar-refractivity contribution < 1.29 is 9.90 Å². The van der Waals surface area contributed by atoms with E-state index >= 15 is 0 Å². The summed E-state index contributed by atoms with van der Waals surface area (Å²) in [7, 11) is 0. The van der Waals surface area contributed by atoms with E-state index in [9.17, 15) is 4.79 Å². The molecular weight excluding hydrogens is 180 g/mol. The molecule has 0 aliphatic rings. The Kier molecular flexibility index (Phi) is 1.81. The fourth-order valence-electron chi connectivity index (χ4n) is 1.37. The molecule has 0 atom stereocenters. The lowest BCUT2D eigenvalue weighted by Crippen LogP contribution is -2.02. The summed E-state index contributed by atoms with van der Waals surface area (Å²) in [6, 6.07) is 5.01. The molecule has 0 saturated heterocycles. The average molecular weight is 188 g/mol. The van der Waals surface area contributed by atoms with E-state index < -0.39 is 5.97 Å². The van der Waals surface area contributed by atoms with Crippen molar-refractivity contribution in [1.29, 1.82) is 0 Å². The van der Waals surface area contributed by atoms with E-state index in [4.69, 9.17) is 10.8 Å². The lowest BCUT2D eigenvalue weighted by molar-refractivity contribution is 0.0698. The van der Waals surface area contributed by atoms with Gasteiger partial charge >= 0.3 is 5.97 Å². The third-order valence-electron chi connectivity index (χ3n) is 2.10. The van der Waals surface area contributed by atoms with E-state index in [1.165, 1.54) is 6.07 Å². The summed E-state index contributed by atoms with van der Waals surface area (Å²) >= 11 is 0. The number of nitrogens with zero attached hydrogens (tertiary/aromatic N) is 1. The topological polar surface area (TPSA) is 76.2 Å². The Hall–Kier alpha value is -2.10. The number of carboxylic acid groups (broad SMARTS) is 1. The van der Waals surface area contributed by atoms with Gasteiger partial charge in [0, 0.05) is 17.8 Å². The zero-order valence-electron chi connectivity index (χ0n) is 7.27. The normalized spacial score (nSPS) is 10.3. The minimum absolute atomic E-state index is 0.116. The highest BCUT2D eigenvalue weighted by atomic mass is 16.4. The Balaban J connectivity index is 2.81. The smallest absolute Gasteiger partial charge is 0.337 e. The van der Waals surface area contributed by atoms with Gasteiger partial charge in [0.2, 0.25) is 0 Å². The molecule has 0 spiro atoms. The van der Waals surface area contributed by atoms with Crippen LogP contribution in [0.4, 0.5) is 5.69 Å². The molecule has 0 saturated carbocycles. The summed E-state index contributed by atoms with van der Waals surface area (Å²) in [5.41, 5.74) is 6.08. The molecule has 0 aliphatic carbocycles. The number of benzene rings is 1. The second-order valence-corrected chi connectivity index (χ2v) is 2.93. The quantitative estimate of drug-likeness (QED) is 0.665. The van der Waals surface area contributed by atoms with Gasteiger partial charge in [-0.3, -0.25) is 4.98 Å². The Labute approximate surface area is 80.0 Å². The molecule has 14 heavy (non-hydrogen) atoms. The standard InChI is InChI=1S/C10H8N2O2/c11-9-7(10(13)14)2-1-6-3-4-12-5-8(6)9/h1-5H,11H2,(H,13,14). The van der Waals surface area contributed by atoms with Gasteiger partial charge in [0.05, 0.1) is 11.3 Å². The van der Waals surface area contributed by atoms with Gasteiger partial charge in [0.15, 0.2) is 0 Å². The maximum atomic E-state index is 10.8. The first-order valence-corrected chi connectivity index (χ1v) is 4.05. The third kappa shape index (κ3) is 1.17. The van der Waals surface area contributed by atoms with Gasteiger partial charge in [-0.2, -0.15) is 0 Å². The van der Waals surface area contributed by atoms with Crippen LogP contribution in [-0.4, -0.2) is 16.1 Å². The molecule has 4 heteroatoms. The van der Waals surface area contributed by atoms with Crippen LogP contribution in [0, 0.1) is 0 Å². The average Bonchev–Trinajstić information content (AvgIpc) is 2.18. The first kappa shape index (κ1) is 8.50. The number of rotatable bonds is 1. The molecule has 1 heterocycles. The molecule has 1 aromatic heterocycles. The zero-order valence-corrected chi connectivity index (χ0v) is 7.27. The second kappa shape index (κ2) is 2.99. The minimum atomic E-state index is -1.02. The summed E-state index contributed by atoms with van der Waals surface area (Å²) in [6.07, 6.45) is 3.21. The molecule has 0 fully saturated rings. The van der Waals surface area contributed by atoms with Crippen LogP contribution in [-0.2, 0) is 0 Å². The van der Waals surface area contributed by atoms with Gasteiger partial charge in [-0.05, 0) is 17.5 Å². The van der Waals surface area contributed by atoms with Crippen LogP contribution in [0.25, 0.3) is 10.8 Å². The number of hydrogen-bond acceptors (Lipinski definition) is 3. The van der Waals surface area contributed by atoms with Crippen molar-refractivity contribution in [3.8, 4) is 0 Å². The number of anilines is 1. The molecule has 0 bridgehead atoms. The number of hydrogen-bond donors (Lipinski definition) is 2. The SMILES string of the molecule is Nc1c(C(=O)O)ccc2ccncc12. The number of carboxylic acids is 1. The van der Waals surface area contributed by atoms with Gasteiger partial charge in [0.1, 0.15) is 0 Å². The van der Waals surface area contributed by atoms with Gasteiger partial charge in [-0.15, -0.1) is 0 Å². The highest BCUT2D eigenvalue weighted by molar-refractivity contribution is 6.04. The van der Waals surface area contributed by atoms with Crippen molar-refractivity contribution in [2.45, 2.75) is 0 Å². The number of carbonyl (C=O) groups is 1. The molecule has 1 aromatic carbocycles. The molecule has 0 unspecified atom stereocenters. The van der Waals surface area contributed by atoms with Crippen molar-refractivity contribution >= 4 is 22.4 Å². The van der Waals surface area contributed by atoms with E-state index in [1.54, 1.807) is 24.5 Å². The maximum absolute atomic E-state index is 10.8. The molecule has 0 aliphatic heterocycles. The Morgan fingerprint density at radius 2 is 2.14 bits per heavy atom. The van der Waals surface area contributed by atoms with Crippen molar-refractivity contribution in [3.05, 3.63) is 36.2 Å². The Bertz CT molecular complexity index is 508. The minimum Gasteiger partial charge on any atom is -0.478 e. The van der Waals surface area contributed by atoms with E-state index in [1.807, 2.05) is 0 Å². The summed E-state index contributed by atoms with van der Waals surface area (Å²) in [6.45, 7) is 0. The van der Waals surface area contributed by atoms with E-state index in [2.05, 4.69) is 4.98 Å². The molecule has 2 aromatic rings. The largest absolute Gasteiger partial charge is 0.478 e. The van der Waals surface area contributed by atoms with Gasteiger partial charge in [-0.25, -0.2) is 4.79 Å². The fourth-order valence-corrected chi connectivity index (χ4v) is 1.37. The van der Waals surface area contributed by atoms with Crippen LogP contribution in [0.2, 0.25) is 0 Å². The predicted molar refractivity (Wildman–Crippen MR) is 53.1 cm³/mol. The van der Waals surface area contributed by atoms with Gasteiger partial charge in [0.25, 0.3) is 0 Å². The first-order chi connectivity index (χ1) is 6.70. The van der Waals surface area contributed by atoms with Crippen molar-refractivity contribution in [3.63, 3.8) is 0 Å². The van der Waals surface area contributed by atoms with Crippen LogP contribution in [0.3, 0.4) is 0 Å². The number of nitrogen functional groups attached to an aromatic ring is 1. The number of aromatic nitrogens is 1.